The summed E-state index contributed by atoms with van der Waals surface area (Å²) in [5.41, 5.74) is 0.729. The third-order valence-corrected chi connectivity index (χ3v) is 1.05. The molecule has 2 nitrogen and oxygen atoms in total. The smallest absolute Gasteiger partial charge is 0.0492 e. The maximum Gasteiger partial charge on any atom is 0.0492 e. The van der Waals surface area contributed by atoms with Crippen LogP contribution in [0.4, 0.5) is 0 Å². The number of aromatic nitrogens is 2. The molecule has 2 radical (unpaired) electrons. The van der Waals surface area contributed by atoms with E-state index in [-0.39, 0.29) is 0 Å². The Bertz CT molecular complexity index is 167. The molecule has 0 aliphatic rings. The topological polar surface area (TPSA) is 17.8 Å². The molecule has 8 heavy (non-hydrogen) atoms. The highest BCUT2D eigenvalue weighted by Gasteiger charge is 1.89. The minimum absolute atomic E-state index is 0.729. The molecular formula is C6H8N2. The fourth-order valence-corrected chi connectivity index (χ4v) is 0.607. The summed E-state index contributed by atoms with van der Waals surface area (Å²) in [6.45, 7) is 8.30. The molecule has 0 aliphatic heterocycles. The van der Waals surface area contributed by atoms with Gasteiger partial charge in [0.2, 0.25) is 0 Å². The Hall–Kier alpha value is -0.790. The quantitative estimate of drug-likeness (QED) is 0.524. The van der Waals surface area contributed by atoms with Gasteiger partial charge in [-0.3, -0.25) is 4.68 Å². The zero-order chi connectivity index (χ0) is 5.98. The van der Waals surface area contributed by atoms with Gasteiger partial charge in [0.25, 0.3) is 0 Å². The molecule has 0 N–H and O–H groups in total. The van der Waals surface area contributed by atoms with Crippen LogP contribution in [0.25, 0.3) is 0 Å². The SMILES string of the molecule is [CH]c1ccnn1CC. The van der Waals surface area contributed by atoms with E-state index in [0.717, 1.165) is 12.2 Å². The summed E-state index contributed by atoms with van der Waals surface area (Å²) < 4.78 is 1.74. The number of hydrogen-bond donors (Lipinski definition) is 0. The second-order valence-corrected chi connectivity index (χ2v) is 1.57. The van der Waals surface area contributed by atoms with E-state index in [4.69, 9.17) is 6.92 Å². The summed E-state index contributed by atoms with van der Waals surface area (Å²) in [6.07, 6.45) is 1.69. The molecule has 0 bridgehead atoms. The molecule has 1 aromatic rings. The molecule has 1 rings (SSSR count). The van der Waals surface area contributed by atoms with Gasteiger partial charge in [-0.2, -0.15) is 5.10 Å². The highest BCUT2D eigenvalue weighted by molar-refractivity contribution is 5.03. The van der Waals surface area contributed by atoms with Gasteiger partial charge in [-0.15, -0.1) is 0 Å². The van der Waals surface area contributed by atoms with E-state index < -0.39 is 0 Å². The van der Waals surface area contributed by atoms with Crippen LogP contribution < -0.4 is 0 Å². The molecule has 0 saturated heterocycles. The molecule has 2 heteroatoms. The molecule has 0 unspecified atom stereocenters. The molecule has 0 fully saturated rings. The fourth-order valence-electron chi connectivity index (χ4n) is 0.607. The summed E-state index contributed by atoms with van der Waals surface area (Å²) in [7, 11) is 0. The molecule has 1 heterocycles. The van der Waals surface area contributed by atoms with Crippen LogP contribution in [0.2, 0.25) is 0 Å². The Balaban J connectivity index is 2.92. The largest absolute Gasteiger partial charge is 0.270 e. The summed E-state index contributed by atoms with van der Waals surface area (Å²) in [4.78, 5) is 0. The lowest BCUT2D eigenvalue weighted by Crippen LogP contribution is -1.97. The lowest BCUT2D eigenvalue weighted by Gasteiger charge is -1.94. The minimum Gasteiger partial charge on any atom is -0.270 e. The lowest BCUT2D eigenvalue weighted by molar-refractivity contribution is 0.649. The first kappa shape index (κ1) is 5.35. The molecular weight excluding hydrogens is 100 g/mol. The van der Waals surface area contributed by atoms with Crippen LogP contribution in [0, 0.1) is 6.92 Å². The zero-order valence-corrected chi connectivity index (χ0v) is 4.83. The zero-order valence-electron chi connectivity index (χ0n) is 4.83. The van der Waals surface area contributed by atoms with Crippen molar-refractivity contribution < 1.29 is 0 Å². The predicted octanol–water partition coefficient (Wildman–Crippen LogP) is 0.962. The van der Waals surface area contributed by atoms with Gasteiger partial charge in [-0.1, -0.05) is 0 Å². The van der Waals surface area contributed by atoms with Crippen molar-refractivity contribution in [3.63, 3.8) is 0 Å². The van der Waals surface area contributed by atoms with E-state index in [1.807, 2.05) is 6.92 Å². The first-order valence-electron chi connectivity index (χ1n) is 2.62. The van der Waals surface area contributed by atoms with Crippen molar-refractivity contribution in [3.8, 4) is 0 Å². The van der Waals surface area contributed by atoms with Crippen LogP contribution in [0.3, 0.4) is 0 Å². The third-order valence-electron chi connectivity index (χ3n) is 1.05. The van der Waals surface area contributed by atoms with Gasteiger partial charge < -0.3 is 0 Å². The number of nitrogens with zero attached hydrogens (tertiary/aromatic N) is 2. The van der Waals surface area contributed by atoms with Crippen molar-refractivity contribution in [1.29, 1.82) is 0 Å². The van der Waals surface area contributed by atoms with Crippen LogP contribution in [-0.4, -0.2) is 9.78 Å². The van der Waals surface area contributed by atoms with E-state index in [9.17, 15) is 0 Å². The summed E-state index contributed by atoms with van der Waals surface area (Å²) in [5, 5.41) is 3.93. The summed E-state index contributed by atoms with van der Waals surface area (Å²) in [5.74, 6) is 0. The van der Waals surface area contributed by atoms with Gasteiger partial charge in [0.05, 0.1) is 0 Å². The van der Waals surface area contributed by atoms with Crippen molar-refractivity contribution in [2.75, 3.05) is 0 Å². The normalized spacial score (nSPS) is 9.75. The second-order valence-electron chi connectivity index (χ2n) is 1.57. The van der Waals surface area contributed by atoms with Gasteiger partial charge in [-0.05, 0) is 13.0 Å². The Labute approximate surface area is 49.1 Å². The molecule has 1 aromatic heterocycles. The Morgan fingerprint density at radius 1 is 1.88 bits per heavy atom. The minimum atomic E-state index is 0.729. The van der Waals surface area contributed by atoms with Crippen LogP contribution in [-0.2, 0) is 6.54 Å². The Morgan fingerprint density at radius 3 is 2.88 bits per heavy atom. The predicted molar refractivity (Wildman–Crippen MR) is 31.3 cm³/mol. The third kappa shape index (κ3) is 0.735. The maximum absolute atomic E-state index is 5.45. The molecule has 42 valence electrons. The van der Waals surface area contributed by atoms with E-state index in [1.165, 1.54) is 0 Å². The standard InChI is InChI=1S/C6H8N2/c1-3-8-6(2)4-5-7-8/h2,4-5H,3H2,1H3. The molecule has 0 saturated carbocycles. The molecule has 0 spiro atoms. The second kappa shape index (κ2) is 1.99. The molecule has 0 atom stereocenters. The van der Waals surface area contributed by atoms with E-state index in [2.05, 4.69) is 5.10 Å². The Kier molecular flexibility index (Phi) is 1.33. The van der Waals surface area contributed by atoms with Crippen molar-refractivity contribution >= 4 is 0 Å². The molecule has 0 aromatic carbocycles. The van der Waals surface area contributed by atoms with Crippen LogP contribution in [0.15, 0.2) is 12.3 Å². The highest BCUT2D eigenvalue weighted by atomic mass is 15.3. The van der Waals surface area contributed by atoms with E-state index in [0.29, 0.717) is 0 Å². The first-order chi connectivity index (χ1) is 3.84. The maximum atomic E-state index is 5.45. The fraction of sp³-hybridized carbons (Fsp3) is 0.333. The van der Waals surface area contributed by atoms with Crippen molar-refractivity contribution in [2.45, 2.75) is 13.5 Å². The van der Waals surface area contributed by atoms with Crippen molar-refractivity contribution in [1.82, 2.24) is 9.78 Å². The Morgan fingerprint density at radius 2 is 2.62 bits per heavy atom. The summed E-state index contributed by atoms with van der Waals surface area (Å²) >= 11 is 0. The summed E-state index contributed by atoms with van der Waals surface area (Å²) in [6, 6.07) is 1.78. The number of hydrogen-bond acceptors (Lipinski definition) is 1. The van der Waals surface area contributed by atoms with Gasteiger partial charge in [0.1, 0.15) is 0 Å². The van der Waals surface area contributed by atoms with Crippen LogP contribution in [0.1, 0.15) is 12.6 Å². The highest BCUT2D eigenvalue weighted by Crippen LogP contribution is 1.92. The van der Waals surface area contributed by atoms with Gasteiger partial charge in [0, 0.05) is 25.4 Å². The van der Waals surface area contributed by atoms with Gasteiger partial charge in [-0.25, -0.2) is 0 Å². The number of aryl methyl sites for hydroxylation is 1. The average molecular weight is 108 g/mol. The van der Waals surface area contributed by atoms with Gasteiger partial charge in [0.15, 0.2) is 0 Å². The first-order valence-corrected chi connectivity index (χ1v) is 2.62. The lowest BCUT2D eigenvalue weighted by atomic mass is 10.5. The van der Waals surface area contributed by atoms with Crippen LogP contribution in [0.5, 0.6) is 0 Å². The monoisotopic (exact) mass is 108 g/mol. The van der Waals surface area contributed by atoms with Crippen molar-refractivity contribution in [3.05, 3.63) is 24.9 Å². The van der Waals surface area contributed by atoms with E-state index in [1.54, 1.807) is 16.9 Å². The average Bonchev–Trinajstić information content (AvgIpc) is 2.14. The molecule has 0 amide bonds. The van der Waals surface area contributed by atoms with Crippen LogP contribution >= 0.6 is 0 Å². The molecule has 0 aliphatic carbocycles. The van der Waals surface area contributed by atoms with E-state index >= 15 is 0 Å². The van der Waals surface area contributed by atoms with Crippen molar-refractivity contribution in [2.24, 2.45) is 0 Å². The number of rotatable bonds is 1. The van der Waals surface area contributed by atoms with Gasteiger partial charge >= 0.3 is 0 Å².